The van der Waals surface area contributed by atoms with Crippen LogP contribution in [0, 0.1) is 23.2 Å². The summed E-state index contributed by atoms with van der Waals surface area (Å²) in [6.07, 6.45) is 8.37. The van der Waals surface area contributed by atoms with E-state index in [9.17, 15) is 9.59 Å². The third-order valence-electron chi connectivity index (χ3n) is 6.89. The summed E-state index contributed by atoms with van der Waals surface area (Å²) >= 11 is 0. The van der Waals surface area contributed by atoms with E-state index in [2.05, 4.69) is 10.6 Å². The van der Waals surface area contributed by atoms with Gasteiger partial charge in [-0.2, -0.15) is 0 Å². The first-order valence-corrected chi connectivity index (χ1v) is 10.4. The van der Waals surface area contributed by atoms with E-state index < -0.39 is 0 Å². The zero-order chi connectivity index (χ0) is 18.9. The molecule has 4 fully saturated rings. The molecule has 6 heteroatoms. The fourth-order valence-corrected chi connectivity index (χ4v) is 6.19. The minimum Gasteiger partial charge on any atom is -0.353 e. The van der Waals surface area contributed by atoms with Crippen LogP contribution in [0.15, 0.2) is 30.3 Å². The topological polar surface area (TPSA) is 84.2 Å². The summed E-state index contributed by atoms with van der Waals surface area (Å²) in [5.74, 6) is 2.37. The van der Waals surface area contributed by atoms with E-state index in [1.54, 1.807) is 0 Å². The van der Waals surface area contributed by atoms with Gasteiger partial charge in [0, 0.05) is 19.0 Å². The highest BCUT2D eigenvalue weighted by Gasteiger charge is 2.51. The van der Waals surface area contributed by atoms with Gasteiger partial charge in [0.2, 0.25) is 11.8 Å². The average Bonchev–Trinajstić information content (AvgIpc) is 2.63. The molecule has 0 aromatic heterocycles. The van der Waals surface area contributed by atoms with Gasteiger partial charge >= 0.3 is 0 Å². The Morgan fingerprint density at radius 3 is 2.11 bits per heavy atom. The van der Waals surface area contributed by atoms with Gasteiger partial charge in [-0.15, -0.1) is 12.4 Å². The van der Waals surface area contributed by atoms with Gasteiger partial charge in [-0.25, -0.2) is 0 Å². The Kier molecular flexibility index (Phi) is 6.66. The summed E-state index contributed by atoms with van der Waals surface area (Å²) in [5.41, 5.74) is 7.30. The average molecular weight is 406 g/mol. The fraction of sp³-hybridized carbons (Fsp3) is 0.636. The predicted octanol–water partition coefficient (Wildman–Crippen LogP) is 2.95. The van der Waals surface area contributed by atoms with Crippen molar-refractivity contribution in [3.8, 4) is 0 Å². The first-order chi connectivity index (χ1) is 13.0. The largest absolute Gasteiger partial charge is 0.353 e. The van der Waals surface area contributed by atoms with Crippen molar-refractivity contribution in [3.63, 3.8) is 0 Å². The van der Waals surface area contributed by atoms with Crippen molar-refractivity contribution < 1.29 is 9.59 Å². The van der Waals surface area contributed by atoms with E-state index in [0.29, 0.717) is 13.0 Å². The molecule has 4 bridgehead atoms. The summed E-state index contributed by atoms with van der Waals surface area (Å²) in [7, 11) is 0. The van der Waals surface area contributed by atoms with Crippen molar-refractivity contribution in [2.75, 3.05) is 13.1 Å². The molecule has 5 nitrogen and oxygen atoms in total. The van der Waals surface area contributed by atoms with Crippen LogP contribution in [0.4, 0.5) is 0 Å². The SMILES string of the molecule is Cl.NC(CNC(=O)CNC(=O)CC12CC3CC(CC(C3)C1)C2)c1ccccc1. The molecular weight excluding hydrogens is 374 g/mol. The van der Waals surface area contributed by atoms with Gasteiger partial charge in [0.25, 0.3) is 0 Å². The molecule has 1 aromatic rings. The van der Waals surface area contributed by atoms with Crippen molar-refractivity contribution >= 4 is 24.2 Å². The lowest BCUT2D eigenvalue weighted by Crippen LogP contribution is -2.48. The summed E-state index contributed by atoms with van der Waals surface area (Å²) in [6, 6.07) is 9.46. The van der Waals surface area contributed by atoms with Gasteiger partial charge in [0.1, 0.15) is 0 Å². The van der Waals surface area contributed by atoms with Crippen molar-refractivity contribution in [3.05, 3.63) is 35.9 Å². The second kappa shape index (κ2) is 8.83. The second-order valence-corrected chi connectivity index (χ2v) is 9.19. The molecule has 4 aliphatic carbocycles. The van der Waals surface area contributed by atoms with Gasteiger partial charge in [-0.1, -0.05) is 30.3 Å². The van der Waals surface area contributed by atoms with Crippen LogP contribution in [0.3, 0.4) is 0 Å². The van der Waals surface area contributed by atoms with Crippen LogP contribution in [0.2, 0.25) is 0 Å². The molecule has 0 heterocycles. The van der Waals surface area contributed by atoms with Crippen LogP contribution in [0.5, 0.6) is 0 Å². The Morgan fingerprint density at radius 2 is 1.54 bits per heavy atom. The molecule has 0 spiro atoms. The van der Waals surface area contributed by atoms with E-state index in [1.165, 1.54) is 38.5 Å². The van der Waals surface area contributed by atoms with Crippen molar-refractivity contribution in [1.82, 2.24) is 10.6 Å². The van der Waals surface area contributed by atoms with Gasteiger partial charge < -0.3 is 16.4 Å². The molecular formula is C22H32ClN3O2. The molecule has 4 aliphatic rings. The first kappa shape index (κ1) is 21.1. The molecule has 2 amide bonds. The van der Waals surface area contributed by atoms with Crippen LogP contribution in [-0.2, 0) is 9.59 Å². The second-order valence-electron chi connectivity index (χ2n) is 9.19. The highest BCUT2D eigenvalue weighted by Crippen LogP contribution is 2.61. The minimum absolute atomic E-state index is 0. The maximum Gasteiger partial charge on any atom is 0.239 e. The van der Waals surface area contributed by atoms with Crippen LogP contribution in [0.1, 0.15) is 56.6 Å². The number of benzene rings is 1. The summed E-state index contributed by atoms with van der Waals surface area (Å²) in [6.45, 7) is 0.403. The molecule has 5 rings (SSSR count). The summed E-state index contributed by atoms with van der Waals surface area (Å²) in [5, 5.41) is 5.65. The highest BCUT2D eigenvalue weighted by atomic mass is 35.5. The van der Waals surface area contributed by atoms with Crippen LogP contribution in [0.25, 0.3) is 0 Å². The lowest BCUT2D eigenvalue weighted by molar-refractivity contribution is -0.131. The molecule has 1 aromatic carbocycles. The van der Waals surface area contributed by atoms with Crippen molar-refractivity contribution in [1.29, 1.82) is 0 Å². The van der Waals surface area contributed by atoms with E-state index in [4.69, 9.17) is 5.73 Å². The number of carbonyl (C=O) groups excluding carboxylic acids is 2. The van der Waals surface area contributed by atoms with Gasteiger partial charge in [0.15, 0.2) is 0 Å². The van der Waals surface area contributed by atoms with E-state index >= 15 is 0 Å². The maximum absolute atomic E-state index is 12.5. The quantitative estimate of drug-likeness (QED) is 0.652. The standard InChI is InChI=1S/C22H31N3O2.ClH/c23-19(18-4-2-1-3-5-18)13-24-21(27)14-25-20(26)12-22-9-15-6-16(10-22)8-17(7-15)11-22;/h1-5,15-17,19H,6-14,23H2,(H,24,27)(H,25,26);1H. The van der Waals surface area contributed by atoms with E-state index in [1.807, 2.05) is 30.3 Å². The Labute approximate surface area is 173 Å². The number of hydrogen-bond donors (Lipinski definition) is 3. The van der Waals surface area contributed by atoms with Crippen molar-refractivity contribution in [2.24, 2.45) is 28.9 Å². The Bertz CT molecular complexity index is 659. The zero-order valence-electron chi connectivity index (χ0n) is 16.4. The number of halogens is 1. The smallest absolute Gasteiger partial charge is 0.239 e. The normalized spacial score (nSPS) is 31.0. The molecule has 1 unspecified atom stereocenters. The third-order valence-corrected chi connectivity index (χ3v) is 6.89. The van der Waals surface area contributed by atoms with E-state index in [-0.39, 0.29) is 42.2 Å². The van der Waals surface area contributed by atoms with E-state index in [0.717, 1.165) is 23.3 Å². The van der Waals surface area contributed by atoms with Gasteiger partial charge in [-0.3, -0.25) is 9.59 Å². The number of amides is 2. The molecule has 28 heavy (non-hydrogen) atoms. The lowest BCUT2D eigenvalue weighted by Gasteiger charge is -2.56. The molecule has 4 saturated carbocycles. The maximum atomic E-state index is 12.5. The third kappa shape index (κ3) is 4.87. The van der Waals surface area contributed by atoms with Crippen molar-refractivity contribution in [2.45, 2.75) is 51.0 Å². The van der Waals surface area contributed by atoms with Gasteiger partial charge in [-0.05, 0) is 67.3 Å². The monoisotopic (exact) mass is 405 g/mol. The first-order valence-electron chi connectivity index (χ1n) is 10.4. The highest BCUT2D eigenvalue weighted by molar-refractivity contribution is 5.85. The minimum atomic E-state index is -0.238. The van der Waals surface area contributed by atoms with Crippen LogP contribution in [-0.4, -0.2) is 24.9 Å². The number of rotatable bonds is 7. The lowest BCUT2D eigenvalue weighted by atomic mass is 9.49. The summed E-state index contributed by atoms with van der Waals surface area (Å²) < 4.78 is 0. The predicted molar refractivity (Wildman–Crippen MR) is 112 cm³/mol. The Balaban J connectivity index is 0.00000225. The molecule has 4 N–H and O–H groups in total. The Hall–Kier alpha value is -1.59. The number of carbonyl (C=O) groups is 2. The number of nitrogens with one attached hydrogen (secondary N) is 2. The number of hydrogen-bond acceptors (Lipinski definition) is 3. The zero-order valence-corrected chi connectivity index (χ0v) is 17.2. The molecule has 0 saturated heterocycles. The molecule has 1 atom stereocenters. The molecule has 0 aliphatic heterocycles. The van der Waals surface area contributed by atoms with Crippen LogP contribution >= 0.6 is 12.4 Å². The van der Waals surface area contributed by atoms with Gasteiger partial charge in [0.05, 0.1) is 6.54 Å². The molecule has 154 valence electrons. The number of nitrogens with two attached hydrogens (primary N) is 1. The fourth-order valence-electron chi connectivity index (χ4n) is 6.19. The Morgan fingerprint density at radius 1 is 0.964 bits per heavy atom. The molecule has 0 radical (unpaired) electrons. The summed E-state index contributed by atoms with van der Waals surface area (Å²) in [4.78, 5) is 24.5. The van der Waals surface area contributed by atoms with Crippen LogP contribution < -0.4 is 16.4 Å².